The standard InChI is InChI=1S/C19H17ClFN3O/c20-17-12-15(21)6-7-16(17)19(25)23-9-8-18-22-10-11-24(18)13-14-4-2-1-3-5-14/h1-7,10-12H,8-9,13H2,(H,23,25). The zero-order valence-corrected chi connectivity index (χ0v) is 14.2. The molecule has 0 aliphatic rings. The highest BCUT2D eigenvalue weighted by atomic mass is 35.5. The Labute approximate surface area is 150 Å². The second-order valence-corrected chi connectivity index (χ2v) is 5.99. The van der Waals surface area contributed by atoms with Gasteiger partial charge in [0.2, 0.25) is 0 Å². The van der Waals surface area contributed by atoms with Crippen LogP contribution in [0.15, 0.2) is 60.9 Å². The maximum atomic E-state index is 13.0. The minimum Gasteiger partial charge on any atom is -0.352 e. The maximum absolute atomic E-state index is 13.0. The third kappa shape index (κ3) is 4.45. The third-order valence-corrected chi connectivity index (χ3v) is 4.12. The molecule has 0 atom stereocenters. The zero-order valence-electron chi connectivity index (χ0n) is 13.5. The van der Waals surface area contributed by atoms with Gasteiger partial charge in [0, 0.05) is 31.9 Å². The summed E-state index contributed by atoms with van der Waals surface area (Å²) in [7, 11) is 0. The number of halogens is 2. The van der Waals surface area contributed by atoms with Crippen LogP contribution in [0.2, 0.25) is 5.02 Å². The predicted octanol–water partition coefficient (Wildman–Crippen LogP) is 3.70. The zero-order chi connectivity index (χ0) is 17.6. The molecule has 2 aromatic carbocycles. The van der Waals surface area contributed by atoms with Gasteiger partial charge in [-0.05, 0) is 23.8 Å². The van der Waals surface area contributed by atoms with Crippen LogP contribution in [-0.4, -0.2) is 22.0 Å². The first-order valence-corrected chi connectivity index (χ1v) is 8.28. The lowest BCUT2D eigenvalue weighted by Gasteiger charge is -2.09. The molecule has 4 nitrogen and oxygen atoms in total. The molecular weight excluding hydrogens is 341 g/mol. The number of carbonyl (C=O) groups excluding carboxylic acids is 1. The molecule has 1 aromatic heterocycles. The fourth-order valence-electron chi connectivity index (χ4n) is 2.55. The molecule has 1 N–H and O–H groups in total. The van der Waals surface area contributed by atoms with Crippen LogP contribution in [0.1, 0.15) is 21.7 Å². The molecule has 1 heterocycles. The summed E-state index contributed by atoms with van der Waals surface area (Å²) in [6.45, 7) is 1.15. The average molecular weight is 358 g/mol. The average Bonchev–Trinajstić information content (AvgIpc) is 3.03. The van der Waals surface area contributed by atoms with Crippen molar-refractivity contribution in [2.24, 2.45) is 0 Å². The number of nitrogens with zero attached hydrogens (tertiary/aromatic N) is 2. The Morgan fingerprint density at radius 2 is 2.00 bits per heavy atom. The minimum absolute atomic E-state index is 0.100. The number of hydrogen-bond donors (Lipinski definition) is 1. The smallest absolute Gasteiger partial charge is 0.252 e. The molecule has 0 saturated heterocycles. The van der Waals surface area contributed by atoms with Crippen molar-refractivity contribution in [1.82, 2.24) is 14.9 Å². The van der Waals surface area contributed by atoms with Crippen LogP contribution in [0.5, 0.6) is 0 Å². The van der Waals surface area contributed by atoms with Crippen LogP contribution in [0.3, 0.4) is 0 Å². The summed E-state index contributed by atoms with van der Waals surface area (Å²) < 4.78 is 15.1. The molecule has 0 saturated carbocycles. The molecule has 3 aromatic rings. The highest BCUT2D eigenvalue weighted by molar-refractivity contribution is 6.33. The van der Waals surface area contributed by atoms with Gasteiger partial charge in [0.1, 0.15) is 11.6 Å². The second kappa shape index (κ2) is 7.94. The molecule has 0 aliphatic heterocycles. The van der Waals surface area contributed by atoms with Crippen LogP contribution >= 0.6 is 11.6 Å². The van der Waals surface area contributed by atoms with Gasteiger partial charge in [-0.1, -0.05) is 41.9 Å². The Morgan fingerprint density at radius 3 is 2.76 bits per heavy atom. The van der Waals surface area contributed by atoms with E-state index in [4.69, 9.17) is 11.6 Å². The molecule has 128 valence electrons. The van der Waals surface area contributed by atoms with E-state index in [1.807, 2.05) is 29.0 Å². The largest absolute Gasteiger partial charge is 0.352 e. The molecule has 6 heteroatoms. The number of imidazole rings is 1. The maximum Gasteiger partial charge on any atom is 0.252 e. The molecule has 0 radical (unpaired) electrons. The van der Waals surface area contributed by atoms with Crippen LogP contribution in [-0.2, 0) is 13.0 Å². The lowest BCUT2D eigenvalue weighted by molar-refractivity contribution is 0.0954. The Morgan fingerprint density at radius 1 is 1.20 bits per heavy atom. The Hall–Kier alpha value is -2.66. The fourth-order valence-corrected chi connectivity index (χ4v) is 2.80. The summed E-state index contributed by atoms with van der Waals surface area (Å²) in [6, 6.07) is 13.8. The van der Waals surface area contributed by atoms with Gasteiger partial charge < -0.3 is 9.88 Å². The number of nitrogens with one attached hydrogen (secondary N) is 1. The lowest BCUT2D eigenvalue weighted by atomic mass is 10.2. The van der Waals surface area contributed by atoms with Crippen LogP contribution in [0, 0.1) is 5.82 Å². The van der Waals surface area contributed by atoms with Gasteiger partial charge in [-0.3, -0.25) is 4.79 Å². The highest BCUT2D eigenvalue weighted by Gasteiger charge is 2.11. The van der Waals surface area contributed by atoms with Gasteiger partial charge in [0.05, 0.1) is 10.6 Å². The van der Waals surface area contributed by atoms with E-state index in [2.05, 4.69) is 22.4 Å². The van der Waals surface area contributed by atoms with Crippen molar-refractivity contribution in [2.45, 2.75) is 13.0 Å². The highest BCUT2D eigenvalue weighted by Crippen LogP contribution is 2.17. The van der Waals surface area contributed by atoms with E-state index in [0.717, 1.165) is 18.4 Å². The second-order valence-electron chi connectivity index (χ2n) is 5.59. The van der Waals surface area contributed by atoms with Crippen LogP contribution in [0.4, 0.5) is 4.39 Å². The molecule has 0 bridgehead atoms. The van der Waals surface area contributed by atoms with E-state index in [9.17, 15) is 9.18 Å². The molecule has 1 amide bonds. The lowest BCUT2D eigenvalue weighted by Crippen LogP contribution is -2.26. The summed E-state index contributed by atoms with van der Waals surface area (Å²) in [6.07, 6.45) is 4.25. The van der Waals surface area contributed by atoms with Crippen molar-refractivity contribution in [3.8, 4) is 0 Å². The summed E-state index contributed by atoms with van der Waals surface area (Å²) in [5.74, 6) is 0.0880. The molecule has 25 heavy (non-hydrogen) atoms. The first-order valence-electron chi connectivity index (χ1n) is 7.90. The number of benzene rings is 2. The Bertz CT molecular complexity index is 864. The van der Waals surface area contributed by atoms with E-state index in [1.54, 1.807) is 6.20 Å². The number of aromatic nitrogens is 2. The molecule has 0 fully saturated rings. The number of amides is 1. The Balaban J connectivity index is 1.57. The van der Waals surface area contributed by atoms with Crippen molar-refractivity contribution in [2.75, 3.05) is 6.54 Å². The first kappa shape index (κ1) is 17.2. The van der Waals surface area contributed by atoms with E-state index in [1.165, 1.54) is 17.7 Å². The normalized spacial score (nSPS) is 10.6. The number of rotatable bonds is 6. The molecular formula is C19H17ClFN3O. The number of hydrogen-bond acceptors (Lipinski definition) is 2. The Kier molecular flexibility index (Phi) is 5.46. The van der Waals surface area contributed by atoms with E-state index < -0.39 is 5.82 Å². The van der Waals surface area contributed by atoms with Gasteiger partial charge in [-0.15, -0.1) is 0 Å². The monoisotopic (exact) mass is 357 g/mol. The van der Waals surface area contributed by atoms with Gasteiger partial charge >= 0.3 is 0 Å². The van der Waals surface area contributed by atoms with Crippen molar-refractivity contribution < 1.29 is 9.18 Å². The van der Waals surface area contributed by atoms with Crippen molar-refractivity contribution in [1.29, 1.82) is 0 Å². The van der Waals surface area contributed by atoms with E-state index >= 15 is 0 Å². The minimum atomic E-state index is -0.468. The van der Waals surface area contributed by atoms with Crippen LogP contribution in [0.25, 0.3) is 0 Å². The fraction of sp³-hybridized carbons (Fsp3) is 0.158. The summed E-state index contributed by atoms with van der Waals surface area (Å²) in [4.78, 5) is 16.5. The van der Waals surface area contributed by atoms with Crippen molar-refractivity contribution in [3.05, 3.63) is 88.7 Å². The van der Waals surface area contributed by atoms with Gasteiger partial charge in [-0.25, -0.2) is 9.37 Å². The van der Waals surface area contributed by atoms with Gasteiger partial charge in [0.25, 0.3) is 5.91 Å². The van der Waals surface area contributed by atoms with Crippen molar-refractivity contribution in [3.63, 3.8) is 0 Å². The molecule has 3 rings (SSSR count). The summed E-state index contributed by atoms with van der Waals surface area (Å²) in [5, 5.41) is 2.89. The third-order valence-electron chi connectivity index (χ3n) is 3.81. The van der Waals surface area contributed by atoms with E-state index in [-0.39, 0.29) is 16.5 Å². The quantitative estimate of drug-likeness (QED) is 0.731. The first-order chi connectivity index (χ1) is 12.1. The molecule has 0 aliphatic carbocycles. The molecule has 0 spiro atoms. The van der Waals surface area contributed by atoms with Crippen molar-refractivity contribution >= 4 is 17.5 Å². The SMILES string of the molecule is O=C(NCCc1nccn1Cc1ccccc1)c1ccc(F)cc1Cl. The summed E-state index contributed by atoms with van der Waals surface area (Å²) in [5.41, 5.74) is 1.44. The summed E-state index contributed by atoms with van der Waals surface area (Å²) >= 11 is 5.90. The predicted molar refractivity (Wildman–Crippen MR) is 95.2 cm³/mol. The topological polar surface area (TPSA) is 46.9 Å². The van der Waals surface area contributed by atoms with Crippen LogP contribution < -0.4 is 5.32 Å². The van der Waals surface area contributed by atoms with E-state index in [0.29, 0.717) is 13.0 Å². The van der Waals surface area contributed by atoms with Gasteiger partial charge in [0.15, 0.2) is 0 Å². The number of carbonyl (C=O) groups is 1. The molecule has 0 unspecified atom stereocenters. The van der Waals surface area contributed by atoms with Gasteiger partial charge in [-0.2, -0.15) is 0 Å².